The zero-order valence-corrected chi connectivity index (χ0v) is 12.5. The van der Waals surface area contributed by atoms with Gasteiger partial charge in [-0.3, -0.25) is 9.59 Å². The lowest BCUT2D eigenvalue weighted by molar-refractivity contribution is -0.140. The molecule has 0 N–H and O–H groups in total. The molecule has 0 aromatic rings. The van der Waals surface area contributed by atoms with Gasteiger partial charge in [0.05, 0.1) is 12.9 Å². The number of hydrogen-bond acceptors (Lipinski definition) is 3. The largest absolute Gasteiger partial charge is 0.469 e. The summed E-state index contributed by atoms with van der Waals surface area (Å²) in [5, 5.41) is 0. The van der Waals surface area contributed by atoms with Gasteiger partial charge in [-0.05, 0) is 38.3 Å². The van der Waals surface area contributed by atoms with Crippen molar-refractivity contribution in [3.8, 4) is 0 Å². The maximum absolute atomic E-state index is 13.3. The summed E-state index contributed by atoms with van der Waals surface area (Å²) < 4.78 is 17.8. The number of allylic oxidation sites excluding steroid dienone is 4. The highest BCUT2D eigenvalue weighted by Gasteiger charge is 1.99. The van der Waals surface area contributed by atoms with Crippen molar-refractivity contribution in [2.45, 2.75) is 58.3 Å². The molecule has 114 valence electrons. The highest BCUT2D eigenvalue weighted by molar-refractivity contribution is 5.87. The van der Waals surface area contributed by atoms with Gasteiger partial charge in [-0.25, -0.2) is 4.39 Å². The van der Waals surface area contributed by atoms with Gasteiger partial charge >= 0.3 is 5.97 Å². The lowest BCUT2D eigenvalue weighted by Gasteiger charge is -2.01. The van der Waals surface area contributed by atoms with E-state index in [1.807, 2.05) is 0 Å². The number of ketones is 1. The molecule has 0 aliphatic carbocycles. The number of unbranched alkanes of at least 4 members (excludes halogenated alkanes) is 5. The molecule has 0 aliphatic rings. The fourth-order valence-corrected chi connectivity index (χ4v) is 1.74. The van der Waals surface area contributed by atoms with Crippen molar-refractivity contribution in [3.63, 3.8) is 0 Å². The number of esters is 1. The predicted octanol–water partition coefficient (Wildman–Crippen LogP) is 4.28. The molecule has 0 saturated carbocycles. The van der Waals surface area contributed by atoms with Crippen molar-refractivity contribution in [3.05, 3.63) is 24.1 Å². The van der Waals surface area contributed by atoms with Gasteiger partial charge in [0.15, 0.2) is 5.78 Å². The lowest BCUT2D eigenvalue weighted by atomic mass is 10.1. The van der Waals surface area contributed by atoms with E-state index in [2.05, 4.69) is 4.74 Å². The van der Waals surface area contributed by atoms with E-state index in [9.17, 15) is 14.0 Å². The Morgan fingerprint density at radius 2 is 1.55 bits per heavy atom. The second-order valence-electron chi connectivity index (χ2n) is 4.78. The van der Waals surface area contributed by atoms with Gasteiger partial charge in [-0.2, -0.15) is 0 Å². The Kier molecular flexibility index (Phi) is 11.7. The van der Waals surface area contributed by atoms with Crippen LogP contribution in [0.5, 0.6) is 0 Å². The third-order valence-corrected chi connectivity index (χ3v) is 2.88. The summed E-state index contributed by atoms with van der Waals surface area (Å²) in [6.07, 6.45) is 10.8. The first-order valence-corrected chi connectivity index (χ1v) is 7.16. The average molecular weight is 284 g/mol. The van der Waals surface area contributed by atoms with E-state index < -0.39 is 0 Å². The number of methoxy groups -OCH3 is 1. The average Bonchev–Trinajstić information content (AvgIpc) is 2.40. The molecule has 3 nitrogen and oxygen atoms in total. The molecule has 20 heavy (non-hydrogen) atoms. The molecule has 4 heteroatoms. The first-order valence-electron chi connectivity index (χ1n) is 7.16. The Hall–Kier alpha value is -1.45. The highest BCUT2D eigenvalue weighted by atomic mass is 19.1. The van der Waals surface area contributed by atoms with E-state index in [0.29, 0.717) is 12.8 Å². The molecule has 0 aliphatic heterocycles. The van der Waals surface area contributed by atoms with Crippen molar-refractivity contribution < 1.29 is 18.7 Å². The maximum atomic E-state index is 13.3. The van der Waals surface area contributed by atoms with Crippen LogP contribution in [0.1, 0.15) is 58.3 Å². The molecule has 0 bridgehead atoms. The molecule has 0 unspecified atom stereocenters. The molecule has 0 heterocycles. The molecule has 0 aromatic carbocycles. The van der Waals surface area contributed by atoms with Gasteiger partial charge in [0.1, 0.15) is 0 Å². The van der Waals surface area contributed by atoms with Crippen LogP contribution in [0.15, 0.2) is 24.1 Å². The third-order valence-electron chi connectivity index (χ3n) is 2.88. The fraction of sp³-hybridized carbons (Fsp3) is 0.625. The number of carbonyl (C=O) groups excluding carboxylic acids is 2. The Morgan fingerprint density at radius 1 is 1.00 bits per heavy atom. The Bertz CT molecular complexity index is 346. The Balaban J connectivity index is 3.44. The summed E-state index contributed by atoms with van der Waals surface area (Å²) >= 11 is 0. The number of hydrogen-bond donors (Lipinski definition) is 0. The molecule has 0 atom stereocenters. The molecule has 0 fully saturated rings. The van der Waals surface area contributed by atoms with Crippen LogP contribution in [0.3, 0.4) is 0 Å². The minimum Gasteiger partial charge on any atom is -0.469 e. The highest BCUT2D eigenvalue weighted by Crippen LogP contribution is 2.13. The Morgan fingerprint density at radius 3 is 2.10 bits per heavy atom. The molecule has 0 saturated heterocycles. The Labute approximate surface area is 120 Å². The van der Waals surface area contributed by atoms with Crippen molar-refractivity contribution in [1.82, 2.24) is 0 Å². The lowest BCUT2D eigenvalue weighted by Crippen LogP contribution is -1.99. The number of rotatable bonds is 11. The summed E-state index contributed by atoms with van der Waals surface area (Å²) in [6.45, 7) is 1.43. The molecule has 0 rings (SSSR count). The first-order chi connectivity index (χ1) is 9.56. The maximum Gasteiger partial charge on any atom is 0.305 e. The summed E-state index contributed by atoms with van der Waals surface area (Å²) in [6, 6.07) is 0. The fourth-order valence-electron chi connectivity index (χ4n) is 1.74. The molecule has 0 aromatic heterocycles. The van der Waals surface area contributed by atoms with E-state index in [0.717, 1.165) is 38.5 Å². The van der Waals surface area contributed by atoms with Crippen LogP contribution >= 0.6 is 0 Å². The van der Waals surface area contributed by atoms with Gasteiger partial charge < -0.3 is 4.74 Å². The van der Waals surface area contributed by atoms with Crippen molar-refractivity contribution in [2.75, 3.05) is 7.11 Å². The second-order valence-corrected chi connectivity index (χ2v) is 4.78. The van der Waals surface area contributed by atoms with Crippen LogP contribution in [-0.4, -0.2) is 18.9 Å². The molecular weight excluding hydrogens is 259 g/mol. The summed E-state index contributed by atoms with van der Waals surface area (Å²) in [5.74, 6) is -0.426. The molecule has 0 amide bonds. The van der Waals surface area contributed by atoms with Crippen LogP contribution in [0.25, 0.3) is 0 Å². The van der Waals surface area contributed by atoms with Gasteiger partial charge in [0.25, 0.3) is 0 Å². The third kappa shape index (κ3) is 13.0. The summed E-state index contributed by atoms with van der Waals surface area (Å²) in [4.78, 5) is 21.5. The first kappa shape index (κ1) is 18.6. The predicted molar refractivity (Wildman–Crippen MR) is 78.0 cm³/mol. The van der Waals surface area contributed by atoms with Gasteiger partial charge in [0.2, 0.25) is 0 Å². The van der Waals surface area contributed by atoms with Gasteiger partial charge in [-0.1, -0.05) is 31.8 Å². The SMILES string of the molecule is COC(=O)CCCCCCCC/C(F)=C\C=C\C(C)=O. The molecule has 0 radical (unpaired) electrons. The van der Waals surface area contributed by atoms with Crippen LogP contribution in [-0.2, 0) is 14.3 Å². The monoisotopic (exact) mass is 284 g/mol. The van der Waals surface area contributed by atoms with Gasteiger partial charge in [0, 0.05) is 6.42 Å². The minimum atomic E-state index is -0.187. The standard InChI is InChI=1S/C16H25FO3/c1-14(18)10-9-12-15(17)11-7-5-3-4-6-8-13-16(19)20-2/h9-10,12H,3-8,11,13H2,1-2H3/b10-9+,15-12+. The van der Waals surface area contributed by atoms with Crippen LogP contribution in [0.2, 0.25) is 0 Å². The van der Waals surface area contributed by atoms with E-state index in [1.54, 1.807) is 0 Å². The number of carbonyl (C=O) groups is 2. The smallest absolute Gasteiger partial charge is 0.305 e. The van der Waals surface area contributed by atoms with Crippen LogP contribution < -0.4 is 0 Å². The van der Waals surface area contributed by atoms with E-state index in [4.69, 9.17) is 0 Å². The van der Waals surface area contributed by atoms with Crippen molar-refractivity contribution >= 4 is 11.8 Å². The topological polar surface area (TPSA) is 43.4 Å². The number of halogens is 1. The number of ether oxygens (including phenoxy) is 1. The van der Waals surface area contributed by atoms with Crippen molar-refractivity contribution in [2.24, 2.45) is 0 Å². The van der Waals surface area contributed by atoms with Crippen LogP contribution in [0, 0.1) is 0 Å². The normalized spacial score (nSPS) is 11.8. The summed E-state index contributed by atoms with van der Waals surface area (Å²) in [5.41, 5.74) is 0. The molecule has 0 spiro atoms. The molecular formula is C16H25FO3. The van der Waals surface area contributed by atoms with E-state index in [1.165, 1.54) is 32.3 Å². The summed E-state index contributed by atoms with van der Waals surface area (Å²) in [7, 11) is 1.40. The van der Waals surface area contributed by atoms with Crippen molar-refractivity contribution in [1.29, 1.82) is 0 Å². The van der Waals surface area contributed by atoms with E-state index >= 15 is 0 Å². The quantitative estimate of drug-likeness (QED) is 0.246. The minimum absolute atomic E-state index is 0.0824. The van der Waals surface area contributed by atoms with E-state index in [-0.39, 0.29) is 17.6 Å². The van der Waals surface area contributed by atoms with Gasteiger partial charge in [-0.15, -0.1) is 0 Å². The zero-order chi connectivity index (χ0) is 15.2. The second kappa shape index (κ2) is 12.6. The van der Waals surface area contributed by atoms with Crippen LogP contribution in [0.4, 0.5) is 4.39 Å². The zero-order valence-electron chi connectivity index (χ0n) is 12.5.